The molecule has 3 aromatic rings. The highest BCUT2D eigenvalue weighted by Gasteiger charge is 2.21. The maximum atomic E-state index is 11.7. The van der Waals surface area contributed by atoms with E-state index in [2.05, 4.69) is 16.0 Å². The number of nitrogens with one attached hydrogen (secondary N) is 2. The van der Waals surface area contributed by atoms with E-state index in [0.29, 0.717) is 23.6 Å². The fourth-order valence-electron chi connectivity index (χ4n) is 3.23. The Labute approximate surface area is 163 Å². The normalized spacial score (nSPS) is 12.0. The number of para-hydroxylation sites is 1. The minimum absolute atomic E-state index is 0.344. The summed E-state index contributed by atoms with van der Waals surface area (Å²) in [7, 11) is 3.24. The smallest absolute Gasteiger partial charge is 0.346 e. The molecule has 0 atom stereocenters. The summed E-state index contributed by atoms with van der Waals surface area (Å²) in [6.45, 7) is 0. The first-order valence-corrected chi connectivity index (χ1v) is 8.89. The number of ether oxygens (including phenoxy) is 2. The number of amides is 2. The molecule has 4 rings (SSSR count). The highest BCUT2D eigenvalue weighted by molar-refractivity contribution is 6.03. The topological polar surface area (TPSA) is 73.7 Å². The summed E-state index contributed by atoms with van der Waals surface area (Å²) in [5.41, 5.74) is 5.33. The van der Waals surface area contributed by atoms with Crippen LogP contribution in [0, 0.1) is 0 Å². The Hall–Kier alpha value is -3.67. The molecule has 2 amide bonds. The van der Waals surface area contributed by atoms with Gasteiger partial charge in [-0.2, -0.15) is 5.32 Å². The molecule has 2 N–H and O–H groups in total. The molecule has 0 fully saturated rings. The maximum Gasteiger partial charge on any atom is 0.346 e. The second-order valence-corrected chi connectivity index (χ2v) is 6.43. The van der Waals surface area contributed by atoms with Gasteiger partial charge in [-0.25, -0.2) is 4.79 Å². The van der Waals surface area contributed by atoms with Crippen LogP contribution in [0.15, 0.2) is 60.7 Å². The van der Waals surface area contributed by atoms with Gasteiger partial charge >= 0.3 is 6.03 Å². The molecule has 0 saturated carbocycles. The summed E-state index contributed by atoms with van der Waals surface area (Å²) in [4.78, 5) is 11.7. The molecule has 1 radical (unpaired) electrons. The van der Waals surface area contributed by atoms with Crippen molar-refractivity contribution in [2.45, 2.75) is 6.42 Å². The van der Waals surface area contributed by atoms with E-state index in [1.807, 2.05) is 60.7 Å². The van der Waals surface area contributed by atoms with E-state index in [1.54, 1.807) is 14.2 Å². The van der Waals surface area contributed by atoms with Crippen LogP contribution in [-0.2, 0) is 6.42 Å². The Morgan fingerprint density at radius 3 is 2.50 bits per heavy atom. The van der Waals surface area contributed by atoms with Crippen molar-refractivity contribution in [3.8, 4) is 11.5 Å². The lowest BCUT2D eigenvalue weighted by atomic mass is 10.0. The van der Waals surface area contributed by atoms with Gasteiger partial charge in [-0.15, -0.1) is 0 Å². The van der Waals surface area contributed by atoms with E-state index in [9.17, 15) is 4.79 Å². The van der Waals surface area contributed by atoms with Crippen LogP contribution in [0.5, 0.6) is 11.5 Å². The molecule has 0 saturated heterocycles. The number of methoxy groups -OCH3 is 2. The summed E-state index contributed by atoms with van der Waals surface area (Å²) in [6.07, 6.45) is 0.651. The van der Waals surface area contributed by atoms with Crippen molar-refractivity contribution in [3.05, 3.63) is 71.8 Å². The van der Waals surface area contributed by atoms with Crippen LogP contribution < -0.4 is 25.4 Å². The number of hydrogen-bond acceptors (Lipinski definition) is 4. The molecule has 28 heavy (non-hydrogen) atoms. The van der Waals surface area contributed by atoms with Crippen molar-refractivity contribution >= 4 is 28.8 Å². The first-order valence-electron chi connectivity index (χ1n) is 8.89. The van der Waals surface area contributed by atoms with Crippen LogP contribution in [0.25, 0.3) is 0 Å². The van der Waals surface area contributed by atoms with Gasteiger partial charge in [0.15, 0.2) is 11.5 Å². The molecule has 0 aliphatic carbocycles. The predicted molar refractivity (Wildman–Crippen MR) is 109 cm³/mol. The Morgan fingerprint density at radius 2 is 1.75 bits per heavy atom. The van der Waals surface area contributed by atoms with Gasteiger partial charge in [0.2, 0.25) is 0 Å². The van der Waals surface area contributed by atoms with Gasteiger partial charge in [-0.3, -0.25) is 0 Å². The number of rotatable bonds is 6. The van der Waals surface area contributed by atoms with Gasteiger partial charge in [-0.1, -0.05) is 24.3 Å². The van der Waals surface area contributed by atoms with Crippen LogP contribution in [0.1, 0.15) is 11.1 Å². The highest BCUT2D eigenvalue weighted by atomic mass is 16.5. The van der Waals surface area contributed by atoms with Crippen molar-refractivity contribution in [1.82, 2.24) is 5.32 Å². The minimum atomic E-state index is -0.344. The molecule has 141 valence electrons. The second kappa shape index (κ2) is 7.52. The molecule has 0 unspecified atom stereocenters. The Kier molecular flexibility index (Phi) is 4.76. The van der Waals surface area contributed by atoms with Crippen molar-refractivity contribution in [1.29, 1.82) is 0 Å². The van der Waals surface area contributed by atoms with Gasteiger partial charge in [0.05, 0.1) is 25.6 Å². The van der Waals surface area contributed by atoms with Crippen molar-refractivity contribution in [2.75, 3.05) is 24.9 Å². The van der Waals surface area contributed by atoms with Gasteiger partial charge in [0.1, 0.15) is 0 Å². The third-order valence-corrected chi connectivity index (χ3v) is 4.58. The molecule has 1 aliphatic rings. The number of benzene rings is 3. The molecule has 0 aromatic heterocycles. The lowest BCUT2D eigenvalue weighted by molar-refractivity contribution is 0.256. The molecule has 0 bridgehead atoms. The fourth-order valence-corrected chi connectivity index (χ4v) is 3.23. The molecule has 0 spiro atoms. The molecule has 1 aliphatic heterocycles. The number of carbonyl (C=O) groups excluding carboxylic acids is 1. The molecule has 3 aromatic carbocycles. The highest BCUT2D eigenvalue weighted by Crippen LogP contribution is 2.37. The van der Waals surface area contributed by atoms with Crippen LogP contribution in [-0.4, -0.2) is 20.3 Å². The summed E-state index contributed by atoms with van der Waals surface area (Å²) in [5.74, 6) is 1.37. The monoisotopic (exact) mass is 374 g/mol. The quantitative estimate of drug-likeness (QED) is 0.649. The van der Waals surface area contributed by atoms with Gasteiger partial charge in [-0.05, 0) is 53.9 Å². The van der Waals surface area contributed by atoms with E-state index >= 15 is 0 Å². The average molecular weight is 374 g/mol. The average Bonchev–Trinajstić information content (AvgIpc) is 3.07. The van der Waals surface area contributed by atoms with Gasteiger partial charge in [0.25, 0.3) is 0 Å². The third-order valence-electron chi connectivity index (χ3n) is 4.58. The lowest BCUT2D eigenvalue weighted by Gasteiger charge is -2.15. The van der Waals surface area contributed by atoms with Gasteiger partial charge in [0, 0.05) is 11.4 Å². The van der Waals surface area contributed by atoms with Crippen LogP contribution in [0.2, 0.25) is 0 Å². The van der Waals surface area contributed by atoms with Crippen molar-refractivity contribution in [2.24, 2.45) is 0 Å². The third kappa shape index (κ3) is 3.57. The number of carbonyl (C=O) groups is 1. The zero-order valence-corrected chi connectivity index (χ0v) is 15.7. The zero-order valence-electron chi connectivity index (χ0n) is 15.7. The van der Waals surface area contributed by atoms with E-state index in [4.69, 9.17) is 9.47 Å². The fraction of sp³-hybridized carbons (Fsp3) is 0.136. The number of fused-ring (bicyclic) bond motifs is 1. The standard InChI is InChI=1S/C22H20N3O3/c1-27-20-9-8-14(11-21(20)28-2)10-15-12-18-19(25-22(26)24-18)13-17(15)23-16-6-4-3-5-7-16/h3-9,11-13,23H,10H2,1-2H3,(H,24,26). The number of hydrogen-bond donors (Lipinski definition) is 2. The molecule has 6 heteroatoms. The Morgan fingerprint density at radius 1 is 0.964 bits per heavy atom. The van der Waals surface area contributed by atoms with E-state index in [1.165, 1.54) is 0 Å². The summed E-state index contributed by atoms with van der Waals surface area (Å²) < 4.78 is 10.7. The number of urea groups is 1. The van der Waals surface area contributed by atoms with Crippen LogP contribution in [0.3, 0.4) is 0 Å². The first kappa shape index (κ1) is 17.7. The SMILES string of the molecule is COc1ccc(Cc2cc3c(cc2Nc2ccccc2)[N]C(=O)N3)cc1OC. The van der Waals surface area contributed by atoms with Gasteiger partial charge < -0.3 is 20.1 Å². The second-order valence-electron chi connectivity index (χ2n) is 6.43. The van der Waals surface area contributed by atoms with Crippen molar-refractivity contribution < 1.29 is 14.3 Å². The van der Waals surface area contributed by atoms with Crippen molar-refractivity contribution in [3.63, 3.8) is 0 Å². The summed E-state index contributed by atoms with van der Waals surface area (Å²) >= 11 is 0. The summed E-state index contributed by atoms with van der Waals surface area (Å²) in [6, 6.07) is 19.3. The number of anilines is 3. The van der Waals surface area contributed by atoms with E-state index < -0.39 is 0 Å². The Balaban J connectivity index is 1.71. The van der Waals surface area contributed by atoms with Crippen LogP contribution in [0.4, 0.5) is 27.5 Å². The van der Waals surface area contributed by atoms with Crippen LogP contribution >= 0.6 is 0 Å². The molecular formula is C22H20N3O3. The predicted octanol–water partition coefficient (Wildman–Crippen LogP) is 4.82. The molecule has 1 heterocycles. The lowest BCUT2D eigenvalue weighted by Crippen LogP contribution is -2.08. The van der Waals surface area contributed by atoms with E-state index in [-0.39, 0.29) is 6.03 Å². The minimum Gasteiger partial charge on any atom is -0.493 e. The molecular weight excluding hydrogens is 354 g/mol. The summed E-state index contributed by atoms with van der Waals surface area (Å²) in [5, 5.41) is 10.2. The largest absolute Gasteiger partial charge is 0.493 e. The first-order chi connectivity index (χ1) is 13.7. The zero-order chi connectivity index (χ0) is 19.5. The number of nitrogens with zero attached hydrogens (tertiary/aromatic N) is 1. The van der Waals surface area contributed by atoms with E-state index in [0.717, 1.165) is 28.2 Å². The maximum absolute atomic E-state index is 11.7. The molecule has 6 nitrogen and oxygen atoms in total. The Bertz CT molecular complexity index is 1020.